The summed E-state index contributed by atoms with van der Waals surface area (Å²) in [6.07, 6.45) is 0.0385. The summed E-state index contributed by atoms with van der Waals surface area (Å²) >= 11 is 0. The van der Waals surface area contributed by atoms with Crippen molar-refractivity contribution in [3.05, 3.63) is 0 Å². The van der Waals surface area contributed by atoms with Crippen LogP contribution in [0.25, 0.3) is 0 Å². The van der Waals surface area contributed by atoms with Gasteiger partial charge in [0.05, 0.1) is 6.10 Å². The SMILES string of the molecule is CC(C)[C@H](CC(=O)N1CCCN1C(=O)N1CCCN1C(=O)[C@@H](N)[C@@H](C)O)C(N)=O. The van der Waals surface area contributed by atoms with E-state index in [9.17, 15) is 24.3 Å². The number of hydrogen-bond acceptors (Lipinski definition) is 6. The zero-order valence-corrected chi connectivity index (χ0v) is 17.3. The Morgan fingerprint density at radius 3 is 1.86 bits per heavy atom. The molecule has 29 heavy (non-hydrogen) atoms. The van der Waals surface area contributed by atoms with Crippen LogP contribution in [0.5, 0.6) is 0 Å². The lowest BCUT2D eigenvalue weighted by molar-refractivity contribution is -0.149. The predicted molar refractivity (Wildman–Crippen MR) is 103 cm³/mol. The van der Waals surface area contributed by atoms with Gasteiger partial charge in [0.25, 0.3) is 5.91 Å². The molecule has 2 fully saturated rings. The van der Waals surface area contributed by atoms with Gasteiger partial charge in [-0.3, -0.25) is 14.4 Å². The van der Waals surface area contributed by atoms with Gasteiger partial charge >= 0.3 is 6.03 Å². The van der Waals surface area contributed by atoms with Gasteiger partial charge in [0, 0.05) is 38.5 Å². The lowest BCUT2D eigenvalue weighted by Gasteiger charge is -2.36. The van der Waals surface area contributed by atoms with Crippen molar-refractivity contribution in [3.63, 3.8) is 0 Å². The van der Waals surface area contributed by atoms with Crippen molar-refractivity contribution in [2.24, 2.45) is 23.3 Å². The minimum atomic E-state index is -1.14. The Bertz CT molecular complexity index is 655. The fourth-order valence-electron chi connectivity index (χ4n) is 3.58. The van der Waals surface area contributed by atoms with Gasteiger partial charge < -0.3 is 16.6 Å². The zero-order valence-electron chi connectivity index (χ0n) is 17.3. The second kappa shape index (κ2) is 9.40. The summed E-state index contributed by atoms with van der Waals surface area (Å²) in [7, 11) is 0. The number of amides is 5. The second-order valence-corrected chi connectivity index (χ2v) is 7.94. The molecule has 0 unspecified atom stereocenters. The Labute approximate surface area is 170 Å². The van der Waals surface area contributed by atoms with E-state index in [1.807, 2.05) is 13.8 Å². The van der Waals surface area contributed by atoms with Gasteiger partial charge in [0.2, 0.25) is 11.8 Å². The molecule has 0 bridgehead atoms. The molecule has 0 aromatic heterocycles. The van der Waals surface area contributed by atoms with Crippen LogP contribution < -0.4 is 11.5 Å². The highest BCUT2D eigenvalue weighted by molar-refractivity contribution is 5.88. The summed E-state index contributed by atoms with van der Waals surface area (Å²) in [6.45, 7) is 6.34. The Hall–Kier alpha value is -2.40. The van der Waals surface area contributed by atoms with Gasteiger partial charge in [0.15, 0.2) is 0 Å². The highest BCUT2D eigenvalue weighted by atomic mass is 16.3. The van der Waals surface area contributed by atoms with E-state index >= 15 is 0 Å². The minimum Gasteiger partial charge on any atom is -0.391 e. The molecule has 0 saturated carbocycles. The summed E-state index contributed by atoms with van der Waals surface area (Å²) in [6, 6.07) is -1.64. The van der Waals surface area contributed by atoms with E-state index in [1.54, 1.807) is 0 Å². The fraction of sp³-hybridized carbons (Fsp3) is 0.778. The molecule has 164 valence electrons. The number of nitrogens with zero attached hydrogens (tertiary/aromatic N) is 4. The summed E-state index contributed by atoms with van der Waals surface area (Å²) < 4.78 is 0. The number of nitrogens with two attached hydrogens (primary N) is 2. The summed E-state index contributed by atoms with van der Waals surface area (Å²) in [5.41, 5.74) is 11.1. The molecule has 11 heteroatoms. The highest BCUT2D eigenvalue weighted by Gasteiger charge is 2.41. The van der Waals surface area contributed by atoms with Crippen molar-refractivity contribution < 1.29 is 24.3 Å². The molecular weight excluding hydrogens is 380 g/mol. The smallest absolute Gasteiger partial charge is 0.357 e. The first-order chi connectivity index (χ1) is 13.6. The standard InChI is InChI=1S/C18H32N6O5/c1-11(2)13(16(20)27)10-14(26)21-6-4-8-23(21)18(29)24-9-5-7-22(24)17(28)15(19)12(3)25/h11-13,15,25H,4-10,19H2,1-3H3,(H2,20,27)/t12-,13+,15+/m1/s1. The number of rotatable bonds is 6. The molecule has 5 N–H and O–H groups in total. The van der Waals surface area contributed by atoms with Crippen LogP contribution in [0.1, 0.15) is 40.0 Å². The van der Waals surface area contributed by atoms with E-state index < -0.39 is 35.9 Å². The molecule has 3 atom stereocenters. The zero-order chi connectivity index (χ0) is 21.9. The maximum absolute atomic E-state index is 13.1. The molecule has 5 amide bonds. The van der Waals surface area contributed by atoms with Crippen LogP contribution in [0.2, 0.25) is 0 Å². The van der Waals surface area contributed by atoms with E-state index in [0.717, 1.165) is 0 Å². The van der Waals surface area contributed by atoms with Crippen LogP contribution in [0.15, 0.2) is 0 Å². The molecule has 0 aromatic carbocycles. The third-order valence-electron chi connectivity index (χ3n) is 5.42. The quantitative estimate of drug-likeness (QED) is 0.501. The molecule has 0 radical (unpaired) electrons. The number of carbonyl (C=O) groups is 4. The van der Waals surface area contributed by atoms with Crippen LogP contribution in [0.3, 0.4) is 0 Å². The number of aliphatic hydroxyl groups excluding tert-OH is 1. The van der Waals surface area contributed by atoms with Crippen LogP contribution >= 0.6 is 0 Å². The van der Waals surface area contributed by atoms with Crippen LogP contribution in [-0.4, -0.2) is 87.2 Å². The summed E-state index contributed by atoms with van der Waals surface area (Å²) in [5, 5.41) is 14.7. The number of hydrogen-bond donors (Lipinski definition) is 3. The predicted octanol–water partition coefficient (Wildman–Crippen LogP) is -1.14. The molecule has 2 aliphatic rings. The molecule has 2 aliphatic heterocycles. The minimum absolute atomic E-state index is 0.0771. The van der Waals surface area contributed by atoms with Gasteiger partial charge in [-0.2, -0.15) is 0 Å². The number of urea groups is 1. The summed E-state index contributed by atoms with van der Waals surface area (Å²) in [4.78, 5) is 50.0. The molecule has 0 aromatic rings. The lowest BCUT2D eigenvalue weighted by Crippen LogP contribution is -2.58. The topological polar surface area (TPSA) is 154 Å². The average Bonchev–Trinajstić information content (AvgIpc) is 3.32. The Balaban J connectivity index is 2.11. The number of aliphatic hydroxyl groups is 1. The molecule has 2 heterocycles. The van der Waals surface area contributed by atoms with Gasteiger partial charge in [-0.05, 0) is 25.7 Å². The molecular formula is C18H32N6O5. The van der Waals surface area contributed by atoms with Crippen molar-refractivity contribution in [3.8, 4) is 0 Å². The first kappa shape index (κ1) is 22.9. The third kappa shape index (κ3) is 4.96. The summed E-state index contributed by atoms with van der Waals surface area (Å²) in [5.74, 6) is -2.16. The second-order valence-electron chi connectivity index (χ2n) is 7.94. The van der Waals surface area contributed by atoms with Crippen LogP contribution in [0.4, 0.5) is 4.79 Å². The molecule has 2 saturated heterocycles. The lowest BCUT2D eigenvalue weighted by atomic mass is 9.91. The van der Waals surface area contributed by atoms with E-state index in [0.29, 0.717) is 39.0 Å². The first-order valence-corrected chi connectivity index (χ1v) is 9.99. The Kier molecular flexibility index (Phi) is 7.42. The Morgan fingerprint density at radius 1 is 0.897 bits per heavy atom. The highest BCUT2D eigenvalue weighted by Crippen LogP contribution is 2.23. The third-order valence-corrected chi connectivity index (χ3v) is 5.42. The van der Waals surface area contributed by atoms with Gasteiger partial charge in [0.1, 0.15) is 6.04 Å². The van der Waals surface area contributed by atoms with Crippen molar-refractivity contribution in [1.29, 1.82) is 0 Å². The van der Waals surface area contributed by atoms with Gasteiger partial charge in [-0.25, -0.2) is 24.8 Å². The van der Waals surface area contributed by atoms with E-state index in [1.165, 1.54) is 27.0 Å². The van der Waals surface area contributed by atoms with Crippen molar-refractivity contribution in [1.82, 2.24) is 20.0 Å². The Morgan fingerprint density at radius 2 is 1.38 bits per heavy atom. The van der Waals surface area contributed by atoms with Gasteiger partial charge in [-0.15, -0.1) is 0 Å². The van der Waals surface area contributed by atoms with E-state index in [2.05, 4.69) is 0 Å². The van der Waals surface area contributed by atoms with Crippen molar-refractivity contribution in [2.75, 3.05) is 26.2 Å². The van der Waals surface area contributed by atoms with Crippen LogP contribution in [-0.2, 0) is 14.4 Å². The monoisotopic (exact) mass is 412 g/mol. The van der Waals surface area contributed by atoms with Gasteiger partial charge in [-0.1, -0.05) is 13.8 Å². The van der Waals surface area contributed by atoms with Crippen molar-refractivity contribution in [2.45, 2.75) is 52.2 Å². The molecule has 0 aliphatic carbocycles. The largest absolute Gasteiger partial charge is 0.391 e. The molecule has 0 spiro atoms. The number of carbonyl (C=O) groups excluding carboxylic acids is 4. The molecule has 11 nitrogen and oxygen atoms in total. The number of primary amides is 1. The maximum atomic E-state index is 13.1. The van der Waals surface area contributed by atoms with E-state index in [-0.39, 0.29) is 18.2 Å². The van der Waals surface area contributed by atoms with Crippen LogP contribution in [0, 0.1) is 11.8 Å². The van der Waals surface area contributed by atoms with Crippen molar-refractivity contribution >= 4 is 23.8 Å². The maximum Gasteiger partial charge on any atom is 0.357 e. The first-order valence-electron chi connectivity index (χ1n) is 9.99. The number of hydrazine groups is 2. The average molecular weight is 412 g/mol. The fourth-order valence-corrected chi connectivity index (χ4v) is 3.58. The van der Waals surface area contributed by atoms with E-state index in [4.69, 9.17) is 11.5 Å². The molecule has 2 rings (SSSR count). The normalized spacial score (nSPS) is 20.2.